The van der Waals surface area contributed by atoms with E-state index in [0.29, 0.717) is 24.2 Å². The molecule has 2 aliphatic carbocycles. The predicted molar refractivity (Wildman–Crippen MR) is 128 cm³/mol. The van der Waals surface area contributed by atoms with Crippen LogP contribution >= 0.6 is 20.2 Å². The van der Waals surface area contributed by atoms with Gasteiger partial charge in [-0.1, -0.05) is 31.7 Å². The zero-order valence-electron chi connectivity index (χ0n) is 18.6. The number of aliphatic imine (C=N–C) groups is 2. The van der Waals surface area contributed by atoms with E-state index >= 15 is 0 Å². The van der Waals surface area contributed by atoms with Crippen LogP contribution in [0.5, 0.6) is 0 Å². The monoisotopic (exact) mass is 506 g/mol. The average molecular weight is 507 g/mol. The fraction of sp³-hybridized carbons (Fsp3) is 0.696. The van der Waals surface area contributed by atoms with Gasteiger partial charge in [0.25, 0.3) is 0 Å². The van der Waals surface area contributed by atoms with Gasteiger partial charge < -0.3 is 10.6 Å². The van der Waals surface area contributed by atoms with Crippen LogP contribution in [0.1, 0.15) is 76.6 Å². The molecule has 4 rings (SSSR count). The molecule has 2 bridgehead atoms. The first-order valence-electron chi connectivity index (χ1n) is 11.5. The van der Waals surface area contributed by atoms with Crippen molar-refractivity contribution in [2.45, 2.75) is 89.4 Å². The Morgan fingerprint density at radius 2 is 1.19 bits per heavy atom. The molecule has 3 aliphatic rings. The van der Waals surface area contributed by atoms with Crippen LogP contribution in [0.15, 0.2) is 28.2 Å². The van der Waals surface area contributed by atoms with Crippen molar-refractivity contribution >= 4 is 31.6 Å². The Morgan fingerprint density at radius 1 is 0.774 bits per heavy atom. The zero-order chi connectivity index (χ0) is 22.1. The van der Waals surface area contributed by atoms with Gasteiger partial charge in [0.2, 0.25) is 0 Å². The quantitative estimate of drug-likeness (QED) is 0.492. The number of hydrogen-bond acceptors (Lipinski definition) is 5. The van der Waals surface area contributed by atoms with E-state index in [2.05, 4.69) is 42.7 Å². The summed E-state index contributed by atoms with van der Waals surface area (Å²) in [5, 5.41) is 7.59. The molecule has 1 aliphatic heterocycles. The van der Waals surface area contributed by atoms with E-state index in [0.717, 1.165) is 35.9 Å². The number of halogens is 2. The van der Waals surface area contributed by atoms with Crippen molar-refractivity contribution in [2.24, 2.45) is 9.98 Å². The van der Waals surface area contributed by atoms with Crippen LogP contribution < -0.4 is 10.6 Å². The third kappa shape index (κ3) is 7.52. The number of nitrogens with zero attached hydrogens (tertiary/aromatic N) is 3. The molecule has 0 aromatic carbocycles. The van der Waals surface area contributed by atoms with Crippen LogP contribution in [0, 0.1) is 0 Å². The van der Waals surface area contributed by atoms with E-state index < -0.39 is 0 Å². The SMILES string of the molecule is CC1=NC2CCCCC2NCCN[C@@H]2CCCC[C@H]2N=C(C)c2cccc1n2.[Cl][Mn][Cl]. The van der Waals surface area contributed by atoms with Crippen LogP contribution in [-0.2, 0) is 13.1 Å². The van der Waals surface area contributed by atoms with Crippen molar-refractivity contribution in [3.63, 3.8) is 0 Å². The summed E-state index contributed by atoms with van der Waals surface area (Å²) in [6.45, 7) is 6.24. The molecule has 0 amide bonds. The summed E-state index contributed by atoms with van der Waals surface area (Å²) in [6.07, 6.45) is 9.97. The Kier molecular flexibility index (Phi) is 10.8. The van der Waals surface area contributed by atoms with Gasteiger partial charge in [-0.15, -0.1) is 0 Å². The van der Waals surface area contributed by atoms with E-state index in [1.807, 2.05) is 0 Å². The standard InChI is InChI=1S/C23H35N5.2ClH.Mn/c1-16-18-12-7-13-19(28-18)17(2)27-23-11-6-4-9-21(23)25-15-14-24-20-8-3-5-10-22(20)26-16;;;/h7,12-13,20-25H,3-6,8-11,14-15H2,1-2H3;2*1H;/q;;;+2/p-2/t20-,21?,22-,23?;;;/m1.../s1. The van der Waals surface area contributed by atoms with Crippen LogP contribution in [0.4, 0.5) is 0 Å². The van der Waals surface area contributed by atoms with Crippen molar-refractivity contribution in [1.82, 2.24) is 15.6 Å². The molecule has 1 aromatic heterocycles. The van der Waals surface area contributed by atoms with Crippen molar-refractivity contribution in [1.29, 1.82) is 0 Å². The molecule has 0 spiro atoms. The molecule has 1 aromatic rings. The van der Waals surface area contributed by atoms with Gasteiger partial charge in [0.05, 0.1) is 34.9 Å². The second-order valence-corrected chi connectivity index (χ2v) is 10.7. The Hall–Kier alpha value is -0.491. The second-order valence-electron chi connectivity index (χ2n) is 8.72. The Balaban J connectivity index is 0.000000858. The third-order valence-corrected chi connectivity index (χ3v) is 6.61. The Bertz CT molecular complexity index is 700. The van der Waals surface area contributed by atoms with E-state index in [-0.39, 0.29) is 13.1 Å². The fourth-order valence-electron chi connectivity index (χ4n) is 4.99. The zero-order valence-corrected chi connectivity index (χ0v) is 21.3. The summed E-state index contributed by atoms with van der Waals surface area (Å²) < 4.78 is 0. The molecule has 5 nitrogen and oxygen atoms in total. The average Bonchev–Trinajstić information content (AvgIpc) is 2.79. The Morgan fingerprint density at radius 3 is 1.65 bits per heavy atom. The molecular weight excluding hydrogens is 472 g/mol. The van der Waals surface area contributed by atoms with Gasteiger partial charge in [-0.2, -0.15) is 0 Å². The number of fused-ring (bicyclic) bond motifs is 4. The van der Waals surface area contributed by atoms with E-state index in [1.165, 1.54) is 51.4 Å². The van der Waals surface area contributed by atoms with Gasteiger partial charge in [-0.3, -0.25) is 9.98 Å². The number of rotatable bonds is 0. The number of pyridine rings is 1. The Labute approximate surface area is 201 Å². The molecule has 173 valence electrons. The van der Waals surface area contributed by atoms with Crippen molar-refractivity contribution in [3.05, 3.63) is 29.6 Å². The molecular formula is C23H35Cl2MnN5. The van der Waals surface area contributed by atoms with Crippen LogP contribution in [-0.4, -0.2) is 53.7 Å². The minimum absolute atomic E-state index is 0.00694. The topological polar surface area (TPSA) is 61.7 Å². The molecule has 2 saturated carbocycles. The van der Waals surface area contributed by atoms with Gasteiger partial charge in [-0.25, -0.2) is 4.98 Å². The third-order valence-electron chi connectivity index (χ3n) is 6.61. The summed E-state index contributed by atoms with van der Waals surface area (Å²) in [5.74, 6) is 0. The first-order valence-corrected chi connectivity index (χ1v) is 14.8. The molecule has 2 N–H and O–H groups in total. The number of hydrogen-bond donors (Lipinski definition) is 2. The fourth-order valence-corrected chi connectivity index (χ4v) is 4.99. The van der Waals surface area contributed by atoms with Crippen molar-refractivity contribution < 1.29 is 13.1 Å². The first kappa shape index (κ1) is 25.1. The minimum atomic E-state index is 0.00694. The van der Waals surface area contributed by atoms with E-state index in [4.69, 9.17) is 35.2 Å². The maximum absolute atomic E-state index is 5.11. The molecule has 0 saturated heterocycles. The van der Waals surface area contributed by atoms with Crippen LogP contribution in [0.25, 0.3) is 0 Å². The molecule has 8 heteroatoms. The second kappa shape index (κ2) is 13.3. The first-order chi connectivity index (χ1) is 15.1. The van der Waals surface area contributed by atoms with Gasteiger partial charge in [-0.05, 0) is 51.7 Å². The van der Waals surface area contributed by atoms with Crippen molar-refractivity contribution in [3.8, 4) is 0 Å². The summed E-state index contributed by atoms with van der Waals surface area (Å²) >= 11 is 0.00694. The molecule has 2 unspecified atom stereocenters. The summed E-state index contributed by atoms with van der Waals surface area (Å²) in [4.78, 5) is 15.1. The summed E-state index contributed by atoms with van der Waals surface area (Å²) in [5.41, 5.74) is 4.09. The summed E-state index contributed by atoms with van der Waals surface area (Å²) in [7, 11) is 9.59. The van der Waals surface area contributed by atoms with Gasteiger partial charge in [0, 0.05) is 25.2 Å². The molecule has 2 heterocycles. The van der Waals surface area contributed by atoms with Crippen molar-refractivity contribution in [2.75, 3.05) is 13.1 Å². The van der Waals surface area contributed by atoms with Crippen LogP contribution in [0.3, 0.4) is 0 Å². The molecule has 2 fully saturated rings. The molecule has 0 radical (unpaired) electrons. The molecule has 31 heavy (non-hydrogen) atoms. The van der Waals surface area contributed by atoms with E-state index in [9.17, 15) is 0 Å². The molecule has 4 atom stereocenters. The van der Waals surface area contributed by atoms with Crippen LogP contribution in [0.2, 0.25) is 0 Å². The normalized spacial score (nSPS) is 29.5. The number of nitrogens with one attached hydrogen (secondary N) is 2. The van der Waals surface area contributed by atoms with Gasteiger partial charge >= 0.3 is 33.3 Å². The maximum atomic E-state index is 5.11. The van der Waals surface area contributed by atoms with Gasteiger partial charge in [0.1, 0.15) is 0 Å². The van der Waals surface area contributed by atoms with Gasteiger partial charge in [0.15, 0.2) is 0 Å². The summed E-state index contributed by atoms with van der Waals surface area (Å²) in [6, 6.07) is 7.97. The number of aromatic nitrogens is 1. The van der Waals surface area contributed by atoms with E-state index in [1.54, 1.807) is 0 Å². The predicted octanol–water partition coefficient (Wildman–Crippen LogP) is 4.89.